The van der Waals surface area contributed by atoms with Gasteiger partial charge in [0, 0.05) is 28.8 Å². The fraction of sp³-hybridized carbons (Fsp3) is 0.158. The zero-order valence-corrected chi connectivity index (χ0v) is 13.5. The van der Waals surface area contributed by atoms with Gasteiger partial charge in [-0.2, -0.15) is 18.3 Å². The van der Waals surface area contributed by atoms with Crippen LogP contribution in [-0.2, 0) is 11.2 Å². The zero-order chi connectivity index (χ0) is 18.3. The summed E-state index contributed by atoms with van der Waals surface area (Å²) >= 11 is 0. The maximum atomic E-state index is 12.3. The molecule has 1 aliphatic rings. The highest BCUT2D eigenvalue weighted by Crippen LogP contribution is 2.40. The van der Waals surface area contributed by atoms with E-state index in [9.17, 15) is 18.0 Å². The second-order valence-corrected chi connectivity index (χ2v) is 6.18. The maximum Gasteiger partial charge on any atom is 0.397 e. The van der Waals surface area contributed by atoms with Crippen molar-refractivity contribution in [1.82, 2.24) is 10.2 Å². The summed E-state index contributed by atoms with van der Waals surface area (Å²) in [6, 6.07) is 14.9. The molecule has 0 saturated heterocycles. The molecule has 0 fully saturated rings. The summed E-state index contributed by atoms with van der Waals surface area (Å²) in [7, 11) is 0. The van der Waals surface area contributed by atoms with Gasteiger partial charge in [-0.25, -0.2) is 0 Å². The van der Waals surface area contributed by atoms with Crippen molar-refractivity contribution in [1.29, 1.82) is 0 Å². The quantitative estimate of drug-likeness (QED) is 0.566. The van der Waals surface area contributed by atoms with Crippen LogP contribution in [0.25, 0.3) is 22.5 Å². The van der Waals surface area contributed by atoms with Crippen LogP contribution in [0.5, 0.6) is 0 Å². The molecule has 0 saturated carbocycles. The molecule has 4 nitrogen and oxygen atoms in total. The average Bonchev–Trinajstić information content (AvgIpc) is 3.12. The molecular formula is C19H14F3N3O. The monoisotopic (exact) mass is 357 g/mol. The minimum Gasteiger partial charge on any atom is -0.326 e. The Morgan fingerprint density at radius 1 is 1.15 bits per heavy atom. The predicted molar refractivity (Wildman–Crippen MR) is 91.6 cm³/mol. The van der Waals surface area contributed by atoms with Crippen molar-refractivity contribution in [2.45, 2.75) is 19.0 Å². The Labute approximate surface area is 147 Å². The fourth-order valence-electron chi connectivity index (χ4n) is 3.23. The van der Waals surface area contributed by atoms with Crippen LogP contribution in [0.3, 0.4) is 0 Å². The molecule has 4 rings (SSSR count). The van der Waals surface area contributed by atoms with E-state index in [1.165, 1.54) is 0 Å². The Balaban J connectivity index is 1.59. The summed E-state index contributed by atoms with van der Waals surface area (Å²) in [6.45, 7) is 0. The number of benzene rings is 2. The molecular weight excluding hydrogens is 343 g/mol. The number of carbonyl (C=O) groups is 1. The van der Waals surface area contributed by atoms with E-state index in [1.54, 1.807) is 18.2 Å². The van der Waals surface area contributed by atoms with Crippen molar-refractivity contribution in [3.63, 3.8) is 0 Å². The van der Waals surface area contributed by atoms with Crippen LogP contribution in [0.4, 0.5) is 18.9 Å². The molecule has 0 aliphatic heterocycles. The Hall–Kier alpha value is -3.09. The highest BCUT2D eigenvalue weighted by atomic mass is 19.4. The Morgan fingerprint density at radius 3 is 2.65 bits per heavy atom. The predicted octanol–water partition coefficient (Wildman–Crippen LogP) is 4.54. The van der Waals surface area contributed by atoms with E-state index < -0.39 is 18.5 Å². The number of nitrogens with zero attached hydrogens (tertiary/aromatic N) is 1. The summed E-state index contributed by atoms with van der Waals surface area (Å²) in [6.07, 6.45) is -5.41. The van der Waals surface area contributed by atoms with Crippen molar-refractivity contribution < 1.29 is 18.0 Å². The number of anilines is 1. The lowest BCUT2D eigenvalue weighted by Gasteiger charge is -2.09. The third kappa shape index (κ3) is 3.08. The first-order chi connectivity index (χ1) is 12.4. The molecule has 0 radical (unpaired) electrons. The first-order valence-electron chi connectivity index (χ1n) is 8.03. The number of rotatable bonds is 3. The number of carbonyl (C=O) groups excluding carboxylic acids is 1. The van der Waals surface area contributed by atoms with Crippen molar-refractivity contribution in [2.24, 2.45) is 0 Å². The van der Waals surface area contributed by atoms with Crippen LogP contribution in [0.1, 0.15) is 17.5 Å². The standard InChI is InChI=1S/C19H14F3N3O/c20-19(21,22)10-16(26)23-13-6-7-14-12(8-13)9-15-17(24-25-18(14)15)11-4-2-1-3-5-11/h1-8H,9-10H2,(H,23,26)(H,24,25). The summed E-state index contributed by atoms with van der Waals surface area (Å²) < 4.78 is 36.9. The minimum atomic E-state index is -4.52. The van der Waals surface area contributed by atoms with Crippen LogP contribution < -0.4 is 5.32 Å². The van der Waals surface area contributed by atoms with Gasteiger partial charge < -0.3 is 5.32 Å². The van der Waals surface area contributed by atoms with Gasteiger partial charge in [0.1, 0.15) is 6.42 Å². The number of nitrogens with one attached hydrogen (secondary N) is 2. The molecule has 0 atom stereocenters. The van der Waals surface area contributed by atoms with Gasteiger partial charge in [0.2, 0.25) is 5.91 Å². The molecule has 7 heteroatoms. The van der Waals surface area contributed by atoms with Crippen LogP contribution >= 0.6 is 0 Å². The van der Waals surface area contributed by atoms with Crippen molar-refractivity contribution >= 4 is 11.6 Å². The number of aromatic nitrogens is 2. The van der Waals surface area contributed by atoms with E-state index in [-0.39, 0.29) is 0 Å². The average molecular weight is 357 g/mol. The first-order valence-corrected chi connectivity index (χ1v) is 8.03. The van der Waals surface area contributed by atoms with Gasteiger partial charge in [-0.15, -0.1) is 0 Å². The van der Waals surface area contributed by atoms with Gasteiger partial charge in [-0.3, -0.25) is 9.89 Å². The van der Waals surface area contributed by atoms with Gasteiger partial charge in [0.25, 0.3) is 0 Å². The van der Waals surface area contributed by atoms with Crippen LogP contribution in [-0.4, -0.2) is 22.3 Å². The molecule has 1 aromatic heterocycles. The molecule has 3 aromatic rings. The topological polar surface area (TPSA) is 57.8 Å². The van der Waals surface area contributed by atoms with E-state index in [0.29, 0.717) is 12.1 Å². The number of fused-ring (bicyclic) bond motifs is 3. The minimum absolute atomic E-state index is 0.359. The number of hydrogen-bond acceptors (Lipinski definition) is 2. The molecule has 26 heavy (non-hydrogen) atoms. The molecule has 1 amide bonds. The van der Waals surface area contributed by atoms with Crippen molar-refractivity contribution in [2.75, 3.05) is 5.32 Å². The number of aromatic amines is 1. The maximum absolute atomic E-state index is 12.3. The van der Waals surface area contributed by atoms with Crippen molar-refractivity contribution in [3.8, 4) is 22.5 Å². The van der Waals surface area contributed by atoms with Gasteiger partial charge in [-0.1, -0.05) is 36.4 Å². The van der Waals surface area contributed by atoms with E-state index in [0.717, 1.165) is 33.6 Å². The highest BCUT2D eigenvalue weighted by molar-refractivity contribution is 5.92. The van der Waals surface area contributed by atoms with E-state index in [2.05, 4.69) is 15.5 Å². The highest BCUT2D eigenvalue weighted by Gasteiger charge is 2.31. The van der Waals surface area contributed by atoms with E-state index in [4.69, 9.17) is 0 Å². The summed E-state index contributed by atoms with van der Waals surface area (Å²) in [5, 5.41) is 9.75. The smallest absolute Gasteiger partial charge is 0.326 e. The molecule has 2 aromatic carbocycles. The largest absolute Gasteiger partial charge is 0.397 e. The summed E-state index contributed by atoms with van der Waals surface area (Å²) in [5.74, 6) is -1.07. The normalized spacial score (nSPS) is 12.6. The number of amides is 1. The van der Waals surface area contributed by atoms with Crippen LogP contribution in [0, 0.1) is 0 Å². The summed E-state index contributed by atoms with van der Waals surface area (Å²) in [4.78, 5) is 11.5. The van der Waals surface area contributed by atoms with Crippen molar-refractivity contribution in [3.05, 3.63) is 59.7 Å². The Kier molecular flexibility index (Phi) is 3.79. The molecule has 132 valence electrons. The zero-order valence-electron chi connectivity index (χ0n) is 13.5. The molecule has 2 N–H and O–H groups in total. The van der Waals surface area contributed by atoms with Crippen LogP contribution in [0.2, 0.25) is 0 Å². The lowest BCUT2D eigenvalue weighted by molar-refractivity contribution is -0.150. The number of halogens is 3. The molecule has 1 heterocycles. The second-order valence-electron chi connectivity index (χ2n) is 6.18. The Bertz CT molecular complexity index is 977. The number of hydrogen-bond donors (Lipinski definition) is 2. The van der Waals surface area contributed by atoms with E-state index >= 15 is 0 Å². The van der Waals surface area contributed by atoms with E-state index in [1.807, 2.05) is 30.3 Å². The van der Waals surface area contributed by atoms with Gasteiger partial charge >= 0.3 is 6.18 Å². The lowest BCUT2D eigenvalue weighted by atomic mass is 10.1. The van der Waals surface area contributed by atoms with Gasteiger partial charge in [-0.05, 0) is 17.7 Å². The second kappa shape index (κ2) is 6.01. The summed E-state index contributed by atoms with van der Waals surface area (Å²) in [5.41, 5.74) is 6.06. The molecule has 1 aliphatic carbocycles. The molecule has 0 bridgehead atoms. The molecule has 0 spiro atoms. The van der Waals surface area contributed by atoms with Gasteiger partial charge in [0.05, 0.1) is 11.4 Å². The number of H-pyrrole nitrogens is 1. The SMILES string of the molecule is O=C(CC(F)(F)F)Nc1ccc2c(c1)Cc1c(-c3ccccc3)n[nH]c1-2. The number of alkyl halides is 3. The lowest BCUT2D eigenvalue weighted by Crippen LogP contribution is -2.21. The first kappa shape index (κ1) is 16.4. The third-order valence-corrected chi connectivity index (χ3v) is 4.30. The fourth-order valence-corrected chi connectivity index (χ4v) is 3.23. The third-order valence-electron chi connectivity index (χ3n) is 4.30. The van der Waals surface area contributed by atoms with Gasteiger partial charge in [0.15, 0.2) is 0 Å². The van der Waals surface area contributed by atoms with Crippen LogP contribution in [0.15, 0.2) is 48.5 Å². The molecule has 0 unspecified atom stereocenters. The Morgan fingerprint density at radius 2 is 1.92 bits per heavy atom.